The molecule has 3 nitrogen and oxygen atoms in total. The molecule has 0 bridgehead atoms. The number of nitrogens with zero attached hydrogens (tertiary/aromatic N) is 2. The molecule has 0 spiro atoms. The molecule has 1 aromatic heterocycles. The number of carbonyl (C=O) groups excluding carboxylic acids is 1. The second kappa shape index (κ2) is 5.85. The maximum absolute atomic E-state index is 12.1. The van der Waals surface area contributed by atoms with Crippen molar-refractivity contribution in [2.24, 2.45) is 5.92 Å². The summed E-state index contributed by atoms with van der Waals surface area (Å²) in [5, 5.41) is 0.273. The van der Waals surface area contributed by atoms with E-state index in [1.54, 1.807) is 23.2 Å². The molecule has 1 heterocycles. The van der Waals surface area contributed by atoms with E-state index in [1.807, 2.05) is 6.92 Å². The Labute approximate surface area is 101 Å². The average molecular weight is 241 g/mol. The van der Waals surface area contributed by atoms with Gasteiger partial charge < -0.3 is 4.90 Å². The van der Waals surface area contributed by atoms with Crippen LogP contribution in [0.2, 0.25) is 5.15 Å². The van der Waals surface area contributed by atoms with Gasteiger partial charge in [0.1, 0.15) is 5.15 Å². The monoisotopic (exact) mass is 240 g/mol. The summed E-state index contributed by atoms with van der Waals surface area (Å²) in [5.41, 5.74) is 0.478. The Balaban J connectivity index is 2.87. The highest BCUT2D eigenvalue weighted by Gasteiger charge is 2.17. The molecule has 0 aliphatic carbocycles. The number of carbonyl (C=O) groups is 1. The Bertz CT molecular complexity index is 366. The SMILES string of the molecule is CCN(CC(C)C)C(=O)c1cccnc1Cl. The smallest absolute Gasteiger partial charge is 0.256 e. The van der Waals surface area contributed by atoms with Crippen molar-refractivity contribution in [3.05, 3.63) is 29.0 Å². The van der Waals surface area contributed by atoms with E-state index < -0.39 is 0 Å². The minimum atomic E-state index is -0.0469. The Kier molecular flexibility index (Phi) is 4.74. The van der Waals surface area contributed by atoms with Crippen LogP contribution in [-0.4, -0.2) is 28.9 Å². The number of rotatable bonds is 4. The van der Waals surface area contributed by atoms with Crippen molar-refractivity contribution in [1.29, 1.82) is 0 Å². The van der Waals surface area contributed by atoms with Crippen molar-refractivity contribution in [1.82, 2.24) is 9.88 Å². The molecule has 0 saturated heterocycles. The van der Waals surface area contributed by atoms with Crippen LogP contribution in [0.1, 0.15) is 31.1 Å². The Hall–Kier alpha value is -1.09. The molecule has 16 heavy (non-hydrogen) atoms. The summed E-state index contributed by atoms with van der Waals surface area (Å²) < 4.78 is 0. The number of hydrogen-bond donors (Lipinski definition) is 0. The molecule has 1 rings (SSSR count). The molecule has 1 amide bonds. The molecule has 0 atom stereocenters. The summed E-state index contributed by atoms with van der Waals surface area (Å²) >= 11 is 5.90. The average Bonchev–Trinajstić information content (AvgIpc) is 2.25. The molecule has 4 heteroatoms. The fourth-order valence-corrected chi connectivity index (χ4v) is 1.71. The molecule has 0 aromatic carbocycles. The number of amides is 1. The van der Waals surface area contributed by atoms with Crippen LogP contribution < -0.4 is 0 Å². The van der Waals surface area contributed by atoms with Crippen LogP contribution in [0.4, 0.5) is 0 Å². The molecule has 88 valence electrons. The van der Waals surface area contributed by atoms with Crippen molar-refractivity contribution in [3.8, 4) is 0 Å². The van der Waals surface area contributed by atoms with Gasteiger partial charge in [0.15, 0.2) is 0 Å². The Morgan fingerprint density at radius 1 is 1.56 bits per heavy atom. The summed E-state index contributed by atoms with van der Waals surface area (Å²) in [4.78, 5) is 17.8. The van der Waals surface area contributed by atoms with E-state index in [9.17, 15) is 4.79 Å². The molecule has 0 aliphatic rings. The highest BCUT2D eigenvalue weighted by molar-refractivity contribution is 6.32. The minimum Gasteiger partial charge on any atom is -0.339 e. The fraction of sp³-hybridized carbons (Fsp3) is 0.500. The van der Waals surface area contributed by atoms with Gasteiger partial charge in [0.05, 0.1) is 5.56 Å². The van der Waals surface area contributed by atoms with Crippen molar-refractivity contribution in [2.45, 2.75) is 20.8 Å². The molecule has 0 radical (unpaired) electrons. The topological polar surface area (TPSA) is 33.2 Å². The van der Waals surface area contributed by atoms with E-state index in [1.165, 1.54) is 0 Å². The first-order valence-electron chi connectivity index (χ1n) is 5.46. The maximum atomic E-state index is 12.1. The van der Waals surface area contributed by atoms with Gasteiger partial charge >= 0.3 is 0 Å². The standard InChI is InChI=1S/C12H17ClN2O/c1-4-15(8-9(2)3)12(16)10-6-5-7-14-11(10)13/h5-7,9H,4,8H2,1-3H3. The van der Waals surface area contributed by atoms with Crippen molar-refractivity contribution in [2.75, 3.05) is 13.1 Å². The molecular weight excluding hydrogens is 224 g/mol. The third kappa shape index (κ3) is 3.20. The van der Waals surface area contributed by atoms with Crippen LogP contribution in [0.3, 0.4) is 0 Å². The van der Waals surface area contributed by atoms with Gasteiger partial charge in [0.2, 0.25) is 0 Å². The van der Waals surface area contributed by atoms with Gasteiger partial charge in [-0.25, -0.2) is 4.98 Å². The molecule has 1 aromatic rings. The van der Waals surface area contributed by atoms with Gasteiger partial charge in [-0.1, -0.05) is 25.4 Å². The van der Waals surface area contributed by atoms with Crippen LogP contribution in [0.5, 0.6) is 0 Å². The Morgan fingerprint density at radius 3 is 2.75 bits per heavy atom. The highest BCUT2D eigenvalue weighted by atomic mass is 35.5. The van der Waals surface area contributed by atoms with E-state index in [0.29, 0.717) is 18.0 Å². The van der Waals surface area contributed by atoms with Crippen LogP contribution in [0, 0.1) is 5.92 Å². The lowest BCUT2D eigenvalue weighted by molar-refractivity contribution is 0.0745. The lowest BCUT2D eigenvalue weighted by Gasteiger charge is -2.23. The van der Waals surface area contributed by atoms with Crippen LogP contribution in [0.25, 0.3) is 0 Å². The zero-order valence-electron chi connectivity index (χ0n) is 9.90. The minimum absolute atomic E-state index is 0.0469. The Morgan fingerprint density at radius 2 is 2.25 bits per heavy atom. The summed E-state index contributed by atoms with van der Waals surface area (Å²) in [7, 11) is 0. The number of halogens is 1. The highest BCUT2D eigenvalue weighted by Crippen LogP contribution is 2.15. The lowest BCUT2D eigenvalue weighted by Crippen LogP contribution is -2.34. The summed E-state index contributed by atoms with van der Waals surface area (Å²) in [6.45, 7) is 7.55. The van der Waals surface area contributed by atoms with Crippen molar-refractivity contribution in [3.63, 3.8) is 0 Å². The number of aromatic nitrogens is 1. The first-order valence-corrected chi connectivity index (χ1v) is 5.83. The normalized spacial score (nSPS) is 10.6. The molecule has 0 saturated carbocycles. The van der Waals surface area contributed by atoms with Crippen LogP contribution in [0.15, 0.2) is 18.3 Å². The largest absolute Gasteiger partial charge is 0.339 e. The first-order chi connectivity index (χ1) is 7.56. The molecule has 0 fully saturated rings. The van der Waals surface area contributed by atoms with Gasteiger partial charge in [-0.2, -0.15) is 0 Å². The van der Waals surface area contributed by atoms with Crippen molar-refractivity contribution < 1.29 is 4.79 Å². The van der Waals surface area contributed by atoms with Gasteiger partial charge in [0, 0.05) is 19.3 Å². The van der Waals surface area contributed by atoms with Crippen molar-refractivity contribution >= 4 is 17.5 Å². The van der Waals surface area contributed by atoms with Crippen LogP contribution in [-0.2, 0) is 0 Å². The summed E-state index contributed by atoms with van der Waals surface area (Å²) in [6.07, 6.45) is 1.58. The maximum Gasteiger partial charge on any atom is 0.256 e. The number of hydrogen-bond acceptors (Lipinski definition) is 2. The fourth-order valence-electron chi connectivity index (χ4n) is 1.51. The van der Waals surface area contributed by atoms with Gasteiger partial charge in [0.25, 0.3) is 5.91 Å². The van der Waals surface area contributed by atoms with E-state index in [4.69, 9.17) is 11.6 Å². The predicted molar refractivity (Wildman–Crippen MR) is 65.7 cm³/mol. The summed E-state index contributed by atoms with van der Waals surface area (Å²) in [6, 6.07) is 3.43. The molecule has 0 N–H and O–H groups in total. The number of pyridine rings is 1. The third-order valence-corrected chi connectivity index (χ3v) is 2.55. The quantitative estimate of drug-likeness (QED) is 0.759. The molecular formula is C12H17ClN2O. The van der Waals surface area contributed by atoms with Gasteiger partial charge in [-0.15, -0.1) is 0 Å². The van der Waals surface area contributed by atoms with E-state index >= 15 is 0 Å². The zero-order chi connectivity index (χ0) is 12.1. The van der Waals surface area contributed by atoms with E-state index in [2.05, 4.69) is 18.8 Å². The summed E-state index contributed by atoms with van der Waals surface area (Å²) in [5.74, 6) is 0.397. The van der Waals surface area contributed by atoms with Gasteiger partial charge in [-0.05, 0) is 25.0 Å². The predicted octanol–water partition coefficient (Wildman–Crippen LogP) is 2.85. The second-order valence-electron chi connectivity index (χ2n) is 4.08. The molecule has 0 unspecified atom stereocenters. The van der Waals surface area contributed by atoms with Gasteiger partial charge in [-0.3, -0.25) is 4.79 Å². The second-order valence-corrected chi connectivity index (χ2v) is 4.44. The van der Waals surface area contributed by atoms with Crippen LogP contribution >= 0.6 is 11.6 Å². The molecule has 0 aliphatic heterocycles. The third-order valence-electron chi connectivity index (χ3n) is 2.24. The zero-order valence-corrected chi connectivity index (χ0v) is 10.7. The van der Waals surface area contributed by atoms with E-state index in [0.717, 1.165) is 6.54 Å². The van der Waals surface area contributed by atoms with E-state index in [-0.39, 0.29) is 11.1 Å². The lowest BCUT2D eigenvalue weighted by atomic mass is 10.2. The first kappa shape index (κ1) is 13.0.